The summed E-state index contributed by atoms with van der Waals surface area (Å²) in [4.78, 5) is 26.7. The first-order chi connectivity index (χ1) is 17.0. The van der Waals surface area contributed by atoms with Gasteiger partial charge in [0.1, 0.15) is 11.7 Å². The summed E-state index contributed by atoms with van der Waals surface area (Å²) in [6, 6.07) is 0.163. The molecule has 6 nitrogen and oxygen atoms in total. The molecule has 0 aromatic rings. The minimum absolute atomic E-state index is 0.0254. The first-order valence-electron chi connectivity index (χ1n) is 13.8. The Labute approximate surface area is 220 Å². The molecular formula is C29H42ClNO5. The third-order valence-corrected chi connectivity index (χ3v) is 10.8. The van der Waals surface area contributed by atoms with Crippen molar-refractivity contribution in [3.8, 4) is 0 Å². The van der Waals surface area contributed by atoms with E-state index in [-0.39, 0.29) is 36.5 Å². The summed E-state index contributed by atoms with van der Waals surface area (Å²) in [5.41, 5.74) is -1.78. The van der Waals surface area contributed by atoms with E-state index in [9.17, 15) is 14.7 Å². The zero-order valence-electron chi connectivity index (χ0n) is 22.1. The quantitative estimate of drug-likeness (QED) is 0.340. The molecule has 10 atom stereocenters. The normalized spacial score (nSPS) is 47.4. The second-order valence-corrected chi connectivity index (χ2v) is 13.3. The van der Waals surface area contributed by atoms with Gasteiger partial charge in [-0.15, -0.1) is 0 Å². The number of hydrogen-bond donors (Lipinski definition) is 2. The van der Waals surface area contributed by atoms with Gasteiger partial charge in [-0.25, -0.2) is 0 Å². The molecule has 4 aliphatic carbocycles. The Bertz CT molecular complexity index is 965. The highest BCUT2D eigenvalue weighted by molar-refractivity contribution is 6.29. The number of rotatable bonds is 8. The van der Waals surface area contributed by atoms with Crippen LogP contribution in [0.15, 0.2) is 23.3 Å². The smallest absolute Gasteiger partial charge is 0.315 e. The first-order valence-corrected chi connectivity index (χ1v) is 14.2. The molecule has 1 unspecified atom stereocenters. The summed E-state index contributed by atoms with van der Waals surface area (Å²) in [6.07, 6.45) is 7.65. The van der Waals surface area contributed by atoms with Gasteiger partial charge in [-0.05, 0) is 68.6 Å². The molecule has 0 radical (unpaired) electrons. The number of carbonyl (C=O) groups is 2. The number of halogens is 1. The lowest BCUT2D eigenvalue weighted by molar-refractivity contribution is -0.212. The van der Waals surface area contributed by atoms with Gasteiger partial charge >= 0.3 is 5.97 Å². The van der Waals surface area contributed by atoms with Crippen LogP contribution in [-0.2, 0) is 19.1 Å². The van der Waals surface area contributed by atoms with Crippen molar-refractivity contribution in [1.82, 2.24) is 5.32 Å². The predicted molar refractivity (Wildman–Crippen MR) is 138 cm³/mol. The molecule has 1 heterocycles. The Morgan fingerprint density at radius 1 is 1.36 bits per heavy atom. The van der Waals surface area contributed by atoms with Crippen LogP contribution in [0.25, 0.3) is 0 Å². The fourth-order valence-electron chi connectivity index (χ4n) is 9.51. The Morgan fingerprint density at radius 2 is 2.11 bits per heavy atom. The average molecular weight is 520 g/mol. The molecule has 5 aliphatic rings. The van der Waals surface area contributed by atoms with E-state index in [2.05, 4.69) is 38.7 Å². The Morgan fingerprint density at radius 3 is 2.75 bits per heavy atom. The first kappa shape index (κ1) is 26.4. The van der Waals surface area contributed by atoms with Gasteiger partial charge in [0, 0.05) is 23.0 Å². The molecule has 0 spiro atoms. The molecule has 4 fully saturated rings. The lowest BCUT2D eigenvalue weighted by Crippen LogP contribution is -2.63. The Kier molecular flexibility index (Phi) is 6.76. The van der Waals surface area contributed by atoms with Crippen molar-refractivity contribution in [3.05, 3.63) is 23.3 Å². The molecule has 36 heavy (non-hydrogen) atoms. The fraction of sp³-hybridized carbons (Fsp3) is 0.793. The van der Waals surface area contributed by atoms with E-state index in [0.717, 1.165) is 37.5 Å². The Hall–Kier alpha value is -1.21. The highest BCUT2D eigenvalue weighted by Crippen LogP contribution is 2.82. The van der Waals surface area contributed by atoms with Crippen molar-refractivity contribution in [2.75, 3.05) is 13.2 Å². The van der Waals surface area contributed by atoms with Crippen molar-refractivity contribution in [3.63, 3.8) is 0 Å². The van der Waals surface area contributed by atoms with Crippen molar-refractivity contribution >= 4 is 23.9 Å². The maximum Gasteiger partial charge on any atom is 0.315 e. The minimum atomic E-state index is -1.21. The molecule has 7 heteroatoms. The van der Waals surface area contributed by atoms with Crippen LogP contribution in [0.2, 0.25) is 0 Å². The minimum Gasteiger partial charge on any atom is -0.481 e. The van der Waals surface area contributed by atoms with Gasteiger partial charge in [-0.3, -0.25) is 4.79 Å². The molecule has 5 rings (SSSR count). The topological polar surface area (TPSA) is 84.9 Å². The lowest BCUT2D eigenvalue weighted by atomic mass is 9.43. The van der Waals surface area contributed by atoms with E-state index in [0.29, 0.717) is 36.3 Å². The number of carboxylic acid groups (broad SMARTS) is 1. The highest BCUT2D eigenvalue weighted by atomic mass is 35.5. The van der Waals surface area contributed by atoms with E-state index >= 15 is 0 Å². The number of hydrogen-bond acceptors (Lipinski definition) is 5. The zero-order valence-corrected chi connectivity index (χ0v) is 22.9. The van der Waals surface area contributed by atoms with Crippen LogP contribution in [0, 0.1) is 45.8 Å². The molecule has 1 aliphatic heterocycles. The van der Waals surface area contributed by atoms with E-state index in [4.69, 9.17) is 21.1 Å². The summed E-state index contributed by atoms with van der Waals surface area (Å²) in [6.45, 7) is 13.1. The summed E-state index contributed by atoms with van der Waals surface area (Å²) in [5, 5.41) is 15.2. The third-order valence-electron chi connectivity index (χ3n) is 10.7. The number of fused-ring (bicyclic) bond motifs is 2. The lowest BCUT2D eigenvalue weighted by Gasteiger charge is -2.58. The predicted octanol–water partition coefficient (Wildman–Crippen LogP) is 5.16. The number of aliphatic carboxylic acids is 1. The molecule has 0 aromatic heterocycles. The van der Waals surface area contributed by atoms with Crippen LogP contribution in [0.4, 0.5) is 0 Å². The van der Waals surface area contributed by atoms with E-state index < -0.39 is 28.5 Å². The number of ether oxygens (including phenoxy) is 2. The SMILES string of the molecule is C=C(Cl)CC1C[C@@H](C)O[C@@H](OC[C@@]23C[C@@H]4[C@H](C)CC[C@H]4[C@@]4(C=O)C[C@@H]2C=C(C(C)C)[C@@]34C(=O)O)CN1. The van der Waals surface area contributed by atoms with Gasteiger partial charge in [-0.1, -0.05) is 57.0 Å². The summed E-state index contributed by atoms with van der Waals surface area (Å²) in [5.74, 6) is 0.202. The average Bonchev–Trinajstić information content (AvgIpc) is 3.31. The van der Waals surface area contributed by atoms with Crippen molar-refractivity contribution in [2.24, 2.45) is 45.8 Å². The van der Waals surface area contributed by atoms with Gasteiger partial charge in [0.25, 0.3) is 0 Å². The molecule has 0 aromatic carbocycles. The monoisotopic (exact) mass is 519 g/mol. The molecule has 3 saturated carbocycles. The number of allylic oxidation sites excluding steroid dienone is 1. The van der Waals surface area contributed by atoms with Gasteiger partial charge < -0.3 is 24.7 Å². The van der Waals surface area contributed by atoms with E-state index in [1.54, 1.807) is 0 Å². The van der Waals surface area contributed by atoms with Gasteiger partial charge in [0.05, 0.1) is 18.1 Å². The van der Waals surface area contributed by atoms with Crippen molar-refractivity contribution in [2.45, 2.75) is 84.7 Å². The second kappa shape index (κ2) is 9.21. The van der Waals surface area contributed by atoms with Crippen LogP contribution in [0.5, 0.6) is 0 Å². The summed E-state index contributed by atoms with van der Waals surface area (Å²) >= 11 is 6.06. The van der Waals surface area contributed by atoms with Gasteiger partial charge in [0.15, 0.2) is 6.29 Å². The molecule has 1 saturated heterocycles. The van der Waals surface area contributed by atoms with E-state index in [1.807, 2.05) is 6.92 Å². The van der Waals surface area contributed by atoms with Crippen LogP contribution < -0.4 is 5.32 Å². The largest absolute Gasteiger partial charge is 0.481 e. The maximum atomic E-state index is 13.5. The highest BCUT2D eigenvalue weighted by Gasteiger charge is 2.84. The molecule has 2 N–H and O–H groups in total. The number of aldehydes is 1. The number of nitrogens with one attached hydrogen (secondary N) is 1. The molecule has 4 bridgehead atoms. The van der Waals surface area contributed by atoms with E-state index in [1.165, 1.54) is 0 Å². The summed E-state index contributed by atoms with van der Waals surface area (Å²) in [7, 11) is 0. The molecule has 0 amide bonds. The van der Waals surface area contributed by atoms with Crippen molar-refractivity contribution in [1.29, 1.82) is 0 Å². The van der Waals surface area contributed by atoms with Crippen LogP contribution in [0.3, 0.4) is 0 Å². The summed E-state index contributed by atoms with van der Waals surface area (Å²) < 4.78 is 12.8. The van der Waals surface area contributed by atoms with Crippen molar-refractivity contribution < 1.29 is 24.2 Å². The van der Waals surface area contributed by atoms with Crippen LogP contribution in [-0.4, -0.2) is 48.9 Å². The standard InChI is InChI=1S/C29H42ClNO5/c1-16(2)24-10-20-11-27(14-32)23-7-6-17(3)22(23)12-28(20,29(24,27)26(33)34)15-35-25-13-31-21(8-18(4)30)9-19(5)36-25/h10,14,16-17,19-23,25,31H,4,6-9,11-13,15H2,1-3,5H3,(H,33,34)/t17-,19-,20+,21?,22-,23-,25-,27+,28+,29+/m1/s1. The van der Waals surface area contributed by atoms with Crippen LogP contribution in [0.1, 0.15) is 66.2 Å². The fourth-order valence-corrected chi connectivity index (χ4v) is 9.69. The van der Waals surface area contributed by atoms with Gasteiger partial charge in [-0.2, -0.15) is 0 Å². The number of carboxylic acids is 1. The third kappa shape index (κ3) is 3.47. The van der Waals surface area contributed by atoms with Gasteiger partial charge in [0.2, 0.25) is 0 Å². The zero-order chi connectivity index (χ0) is 26.0. The Balaban J connectivity index is 1.50. The van der Waals surface area contributed by atoms with Crippen LogP contribution >= 0.6 is 11.6 Å². The molecule has 200 valence electrons. The number of carbonyl (C=O) groups excluding carboxylic acids is 1. The maximum absolute atomic E-state index is 13.5. The second-order valence-electron chi connectivity index (χ2n) is 12.7. The molecular weight excluding hydrogens is 478 g/mol.